The van der Waals surface area contributed by atoms with Gasteiger partial charge in [-0.25, -0.2) is 9.07 Å². The van der Waals surface area contributed by atoms with Gasteiger partial charge < -0.3 is 14.1 Å². The maximum atomic E-state index is 13.7. The van der Waals surface area contributed by atoms with Crippen molar-refractivity contribution in [3.63, 3.8) is 0 Å². The molecular weight excluding hydrogens is 475 g/mol. The summed E-state index contributed by atoms with van der Waals surface area (Å²) < 4.78 is 26.2. The topological polar surface area (TPSA) is 102 Å². The van der Waals surface area contributed by atoms with Crippen LogP contribution in [-0.4, -0.2) is 43.8 Å². The van der Waals surface area contributed by atoms with E-state index in [0.717, 1.165) is 22.0 Å². The standard InChI is InChI=1S/C27H27FN6O3/c1-18-5-10-24-20(14-18)15-23(27(35)29-24)25(26-30-31-32-34(26)11-13-36-2)33(17-22-4-3-12-37-22)16-19-6-8-21(28)9-7-19/h3-10,12,14-15,25H,11,13,16-17H2,1-2H3,(H,29,35). The third-order valence-corrected chi connectivity index (χ3v) is 6.24. The van der Waals surface area contributed by atoms with E-state index in [1.165, 1.54) is 12.1 Å². The van der Waals surface area contributed by atoms with E-state index in [9.17, 15) is 9.18 Å². The van der Waals surface area contributed by atoms with Crippen LogP contribution in [0.1, 0.15) is 34.3 Å². The molecule has 0 saturated heterocycles. The SMILES string of the molecule is COCCn1nnnc1C(c1cc2cc(C)ccc2[nH]c1=O)N(Cc1ccc(F)cc1)Cc1ccco1. The highest BCUT2D eigenvalue weighted by molar-refractivity contribution is 5.79. The Morgan fingerprint density at radius 3 is 2.73 bits per heavy atom. The second-order valence-electron chi connectivity index (χ2n) is 8.91. The number of nitrogens with one attached hydrogen (secondary N) is 1. The molecule has 0 aliphatic carbocycles. The molecule has 0 radical (unpaired) electrons. The zero-order chi connectivity index (χ0) is 25.8. The molecule has 190 valence electrons. The summed E-state index contributed by atoms with van der Waals surface area (Å²) in [6.45, 7) is 3.55. The van der Waals surface area contributed by atoms with Crippen molar-refractivity contribution in [2.45, 2.75) is 32.6 Å². The van der Waals surface area contributed by atoms with Gasteiger partial charge in [0.2, 0.25) is 0 Å². The van der Waals surface area contributed by atoms with Crippen molar-refractivity contribution in [3.8, 4) is 0 Å². The van der Waals surface area contributed by atoms with Gasteiger partial charge >= 0.3 is 0 Å². The number of hydrogen-bond donors (Lipinski definition) is 1. The van der Waals surface area contributed by atoms with E-state index in [4.69, 9.17) is 9.15 Å². The third kappa shape index (κ3) is 5.50. The Hall–Kier alpha value is -4.15. The minimum absolute atomic E-state index is 0.244. The van der Waals surface area contributed by atoms with Gasteiger partial charge in [0, 0.05) is 24.7 Å². The molecule has 1 N–H and O–H groups in total. The van der Waals surface area contributed by atoms with Crippen LogP contribution in [-0.2, 0) is 24.4 Å². The maximum absolute atomic E-state index is 13.7. The fourth-order valence-electron chi connectivity index (χ4n) is 4.46. The predicted octanol–water partition coefficient (Wildman–Crippen LogP) is 3.99. The maximum Gasteiger partial charge on any atom is 0.253 e. The molecule has 2 aromatic carbocycles. The molecule has 0 fully saturated rings. The molecule has 5 rings (SSSR count). The summed E-state index contributed by atoms with van der Waals surface area (Å²) in [6, 6.07) is 17.1. The van der Waals surface area contributed by atoms with Crippen LogP contribution in [0.25, 0.3) is 10.9 Å². The monoisotopic (exact) mass is 502 g/mol. The number of pyridine rings is 1. The molecule has 0 aliphatic heterocycles. The first kappa shape index (κ1) is 24.5. The lowest BCUT2D eigenvalue weighted by Gasteiger charge is -2.30. The smallest absolute Gasteiger partial charge is 0.253 e. The molecule has 0 aliphatic rings. The normalized spacial score (nSPS) is 12.4. The van der Waals surface area contributed by atoms with Crippen molar-refractivity contribution in [1.29, 1.82) is 0 Å². The quantitative estimate of drug-likeness (QED) is 0.308. The first-order valence-corrected chi connectivity index (χ1v) is 11.9. The summed E-state index contributed by atoms with van der Waals surface area (Å²) in [7, 11) is 1.61. The van der Waals surface area contributed by atoms with Gasteiger partial charge in [-0.05, 0) is 70.8 Å². The van der Waals surface area contributed by atoms with Crippen LogP contribution in [0.4, 0.5) is 4.39 Å². The Bertz CT molecular complexity index is 1530. The molecule has 3 heterocycles. The van der Waals surface area contributed by atoms with Crippen LogP contribution in [0.2, 0.25) is 0 Å². The van der Waals surface area contributed by atoms with E-state index in [2.05, 4.69) is 20.5 Å². The van der Waals surface area contributed by atoms with Crippen LogP contribution >= 0.6 is 0 Å². The number of benzene rings is 2. The molecule has 3 aromatic heterocycles. The lowest BCUT2D eigenvalue weighted by atomic mass is 10.0. The number of aromatic amines is 1. The van der Waals surface area contributed by atoms with Crippen LogP contribution in [0.15, 0.2) is 76.1 Å². The minimum Gasteiger partial charge on any atom is -0.468 e. The molecular formula is C27H27FN6O3. The number of halogens is 1. The second kappa shape index (κ2) is 10.9. The van der Waals surface area contributed by atoms with Gasteiger partial charge in [-0.3, -0.25) is 9.69 Å². The molecule has 0 saturated carbocycles. The first-order valence-electron chi connectivity index (χ1n) is 11.9. The zero-order valence-electron chi connectivity index (χ0n) is 20.6. The first-order chi connectivity index (χ1) is 18.0. The Kier molecular flexibility index (Phi) is 7.20. The number of methoxy groups -OCH3 is 1. The van der Waals surface area contributed by atoms with Gasteiger partial charge in [0.1, 0.15) is 17.6 Å². The van der Waals surface area contributed by atoms with Gasteiger partial charge in [-0.2, -0.15) is 0 Å². The summed E-state index contributed by atoms with van der Waals surface area (Å²) in [6.07, 6.45) is 1.61. The summed E-state index contributed by atoms with van der Waals surface area (Å²) >= 11 is 0. The number of hydrogen-bond acceptors (Lipinski definition) is 7. The van der Waals surface area contributed by atoms with E-state index < -0.39 is 6.04 Å². The predicted molar refractivity (Wildman–Crippen MR) is 135 cm³/mol. The average molecular weight is 503 g/mol. The van der Waals surface area contributed by atoms with E-state index in [0.29, 0.717) is 43.4 Å². The van der Waals surface area contributed by atoms with E-state index in [1.807, 2.05) is 48.2 Å². The fraction of sp³-hybridized carbons (Fsp3) is 0.259. The number of rotatable bonds is 10. The highest BCUT2D eigenvalue weighted by Crippen LogP contribution is 2.30. The average Bonchev–Trinajstić information content (AvgIpc) is 3.57. The van der Waals surface area contributed by atoms with Crippen molar-refractivity contribution in [2.75, 3.05) is 13.7 Å². The third-order valence-electron chi connectivity index (χ3n) is 6.24. The molecule has 0 amide bonds. The Morgan fingerprint density at radius 1 is 1.14 bits per heavy atom. The van der Waals surface area contributed by atoms with Gasteiger partial charge in [0.05, 0.1) is 26.0 Å². The summed E-state index contributed by atoms with van der Waals surface area (Å²) in [5, 5.41) is 13.3. The zero-order valence-corrected chi connectivity index (χ0v) is 20.6. The van der Waals surface area contributed by atoms with E-state index in [1.54, 1.807) is 30.2 Å². The molecule has 9 nitrogen and oxygen atoms in total. The number of nitrogens with zero attached hydrogens (tertiary/aromatic N) is 5. The largest absolute Gasteiger partial charge is 0.468 e. The van der Waals surface area contributed by atoms with Gasteiger partial charge in [0.25, 0.3) is 5.56 Å². The van der Waals surface area contributed by atoms with Gasteiger partial charge in [-0.15, -0.1) is 5.10 Å². The van der Waals surface area contributed by atoms with E-state index in [-0.39, 0.29) is 11.4 Å². The van der Waals surface area contributed by atoms with Crippen LogP contribution in [0.5, 0.6) is 0 Å². The molecule has 37 heavy (non-hydrogen) atoms. The van der Waals surface area contributed by atoms with Crippen LogP contribution < -0.4 is 5.56 Å². The Balaban J connectivity index is 1.68. The number of H-pyrrole nitrogens is 1. The van der Waals surface area contributed by atoms with Gasteiger partial charge in [-0.1, -0.05) is 23.8 Å². The number of furan rings is 1. The number of aryl methyl sites for hydroxylation is 1. The molecule has 0 spiro atoms. The number of ether oxygens (including phenoxy) is 1. The van der Waals surface area contributed by atoms with E-state index >= 15 is 0 Å². The molecule has 10 heteroatoms. The van der Waals surface area contributed by atoms with Crippen molar-refractivity contribution >= 4 is 10.9 Å². The van der Waals surface area contributed by atoms with Crippen LogP contribution in [0, 0.1) is 12.7 Å². The van der Waals surface area contributed by atoms with Crippen molar-refractivity contribution < 1.29 is 13.5 Å². The van der Waals surface area contributed by atoms with Crippen molar-refractivity contribution in [2.24, 2.45) is 0 Å². The molecule has 5 aromatic rings. The summed E-state index contributed by atoms with van der Waals surface area (Å²) in [5.41, 5.74) is 2.92. The molecule has 1 atom stereocenters. The van der Waals surface area contributed by atoms with Crippen LogP contribution in [0.3, 0.4) is 0 Å². The number of fused-ring (bicyclic) bond motifs is 1. The second-order valence-corrected chi connectivity index (χ2v) is 8.91. The van der Waals surface area contributed by atoms with Crippen molar-refractivity contribution in [1.82, 2.24) is 30.1 Å². The highest BCUT2D eigenvalue weighted by Gasteiger charge is 2.31. The Labute approximate surface area is 212 Å². The van der Waals surface area contributed by atoms with Gasteiger partial charge in [0.15, 0.2) is 5.82 Å². The fourth-order valence-corrected chi connectivity index (χ4v) is 4.46. The summed E-state index contributed by atoms with van der Waals surface area (Å²) in [5.74, 6) is 0.877. The lowest BCUT2D eigenvalue weighted by Crippen LogP contribution is -2.35. The Morgan fingerprint density at radius 2 is 1.97 bits per heavy atom. The number of aromatic nitrogens is 5. The number of tetrazole rings is 1. The van der Waals surface area contributed by atoms with Crippen molar-refractivity contribution in [3.05, 3.63) is 111 Å². The summed E-state index contributed by atoms with van der Waals surface area (Å²) in [4.78, 5) is 18.6. The highest BCUT2D eigenvalue weighted by atomic mass is 19.1. The molecule has 1 unspecified atom stereocenters. The lowest BCUT2D eigenvalue weighted by molar-refractivity contribution is 0.163. The minimum atomic E-state index is -0.643. The molecule has 0 bridgehead atoms.